The monoisotopic (exact) mass is 279 g/mol. The lowest BCUT2D eigenvalue weighted by Crippen LogP contribution is -2.54. The fraction of sp³-hybridized carbons (Fsp3) is 0.625. The predicted octanol–water partition coefficient (Wildman–Crippen LogP) is 1.84. The van der Waals surface area contributed by atoms with Gasteiger partial charge in [0.05, 0.1) is 25.2 Å². The SMILES string of the molecule is OCC1(CN2CCCC2Cc2cccc(F)c2)COC1. The van der Waals surface area contributed by atoms with Gasteiger partial charge in [0, 0.05) is 12.6 Å². The molecule has 1 aromatic carbocycles. The highest BCUT2D eigenvalue weighted by Crippen LogP contribution is 2.32. The van der Waals surface area contributed by atoms with Crippen molar-refractivity contribution < 1.29 is 14.2 Å². The Kier molecular flexibility index (Phi) is 4.06. The number of aliphatic hydroxyl groups excluding tert-OH is 1. The van der Waals surface area contributed by atoms with E-state index in [1.54, 1.807) is 12.1 Å². The van der Waals surface area contributed by atoms with Crippen molar-refractivity contribution in [3.8, 4) is 0 Å². The van der Waals surface area contributed by atoms with Gasteiger partial charge in [-0.3, -0.25) is 4.90 Å². The minimum atomic E-state index is -0.161. The molecular weight excluding hydrogens is 257 g/mol. The molecule has 0 saturated carbocycles. The third kappa shape index (κ3) is 2.87. The van der Waals surface area contributed by atoms with E-state index in [1.807, 2.05) is 6.07 Å². The lowest BCUT2D eigenvalue weighted by Gasteiger charge is -2.43. The van der Waals surface area contributed by atoms with Crippen LogP contribution in [0.5, 0.6) is 0 Å². The van der Waals surface area contributed by atoms with Crippen LogP contribution in [-0.4, -0.2) is 49.0 Å². The zero-order chi connectivity index (χ0) is 14.0. The number of hydrogen-bond acceptors (Lipinski definition) is 3. The number of benzene rings is 1. The second-order valence-electron chi connectivity index (χ2n) is 6.25. The van der Waals surface area contributed by atoms with Crippen molar-refractivity contribution in [2.75, 3.05) is 32.9 Å². The molecule has 0 radical (unpaired) electrons. The first-order chi connectivity index (χ1) is 9.71. The van der Waals surface area contributed by atoms with E-state index in [0.29, 0.717) is 19.3 Å². The molecule has 20 heavy (non-hydrogen) atoms. The van der Waals surface area contributed by atoms with Crippen molar-refractivity contribution in [2.24, 2.45) is 5.41 Å². The third-order valence-corrected chi connectivity index (χ3v) is 4.55. The summed E-state index contributed by atoms with van der Waals surface area (Å²) in [5.74, 6) is -0.161. The summed E-state index contributed by atoms with van der Waals surface area (Å²) in [4.78, 5) is 2.45. The number of nitrogens with zero attached hydrogens (tertiary/aromatic N) is 1. The van der Waals surface area contributed by atoms with Gasteiger partial charge in [0.25, 0.3) is 0 Å². The van der Waals surface area contributed by atoms with E-state index in [1.165, 1.54) is 12.5 Å². The molecule has 1 aromatic rings. The first-order valence-electron chi connectivity index (χ1n) is 7.38. The Morgan fingerprint density at radius 1 is 1.40 bits per heavy atom. The second kappa shape index (κ2) is 5.80. The van der Waals surface area contributed by atoms with Crippen LogP contribution in [0.4, 0.5) is 4.39 Å². The first kappa shape index (κ1) is 14.0. The van der Waals surface area contributed by atoms with Gasteiger partial charge in [0.2, 0.25) is 0 Å². The number of ether oxygens (including phenoxy) is 1. The number of likely N-dealkylation sites (tertiary alicyclic amines) is 1. The van der Waals surface area contributed by atoms with Crippen LogP contribution >= 0.6 is 0 Å². The van der Waals surface area contributed by atoms with Crippen LogP contribution in [0.25, 0.3) is 0 Å². The summed E-state index contributed by atoms with van der Waals surface area (Å²) in [6.45, 7) is 3.47. The van der Waals surface area contributed by atoms with Crippen LogP contribution < -0.4 is 0 Å². The van der Waals surface area contributed by atoms with E-state index in [9.17, 15) is 9.50 Å². The van der Waals surface area contributed by atoms with Crippen molar-refractivity contribution in [3.63, 3.8) is 0 Å². The van der Waals surface area contributed by atoms with Crippen LogP contribution in [0.2, 0.25) is 0 Å². The number of rotatable bonds is 5. The standard InChI is InChI=1S/C16H22FNO2/c17-14-4-1-3-13(7-14)8-15-5-2-6-18(15)9-16(10-19)11-20-12-16/h1,3-4,7,15,19H,2,5-6,8-12H2. The Hall–Kier alpha value is -0.970. The Labute approximate surface area is 119 Å². The molecule has 2 heterocycles. The highest BCUT2D eigenvalue weighted by molar-refractivity contribution is 5.18. The molecule has 2 aliphatic heterocycles. The Morgan fingerprint density at radius 3 is 2.90 bits per heavy atom. The van der Waals surface area contributed by atoms with Gasteiger partial charge in [0.15, 0.2) is 0 Å². The Balaban J connectivity index is 1.63. The fourth-order valence-electron chi connectivity index (χ4n) is 3.32. The zero-order valence-corrected chi connectivity index (χ0v) is 11.7. The smallest absolute Gasteiger partial charge is 0.123 e. The lowest BCUT2D eigenvalue weighted by atomic mass is 9.86. The molecule has 2 fully saturated rings. The van der Waals surface area contributed by atoms with Gasteiger partial charge in [-0.05, 0) is 43.5 Å². The summed E-state index contributed by atoms with van der Waals surface area (Å²) in [6, 6.07) is 7.35. The molecule has 0 aliphatic carbocycles. The largest absolute Gasteiger partial charge is 0.396 e. The van der Waals surface area contributed by atoms with Crippen molar-refractivity contribution in [1.29, 1.82) is 0 Å². The normalized spacial score (nSPS) is 25.6. The van der Waals surface area contributed by atoms with Crippen molar-refractivity contribution in [2.45, 2.75) is 25.3 Å². The van der Waals surface area contributed by atoms with Gasteiger partial charge >= 0.3 is 0 Å². The molecule has 4 heteroatoms. The summed E-state index contributed by atoms with van der Waals surface area (Å²) in [5, 5.41) is 9.55. The van der Waals surface area contributed by atoms with Gasteiger partial charge in [-0.2, -0.15) is 0 Å². The van der Waals surface area contributed by atoms with E-state index >= 15 is 0 Å². The molecule has 0 amide bonds. The molecular formula is C16H22FNO2. The van der Waals surface area contributed by atoms with Crippen LogP contribution in [0.15, 0.2) is 24.3 Å². The Bertz CT molecular complexity index is 456. The van der Waals surface area contributed by atoms with Gasteiger partial charge < -0.3 is 9.84 Å². The molecule has 0 aromatic heterocycles. The first-order valence-corrected chi connectivity index (χ1v) is 7.38. The van der Waals surface area contributed by atoms with E-state index in [2.05, 4.69) is 4.90 Å². The molecule has 0 spiro atoms. The summed E-state index contributed by atoms with van der Waals surface area (Å²) in [5.41, 5.74) is 0.995. The van der Waals surface area contributed by atoms with Gasteiger partial charge in [-0.1, -0.05) is 12.1 Å². The minimum absolute atomic E-state index is 0.0650. The topological polar surface area (TPSA) is 32.7 Å². The molecule has 110 valence electrons. The van der Waals surface area contributed by atoms with E-state index in [4.69, 9.17) is 4.74 Å². The van der Waals surface area contributed by atoms with Gasteiger partial charge in [-0.15, -0.1) is 0 Å². The highest BCUT2D eigenvalue weighted by atomic mass is 19.1. The van der Waals surface area contributed by atoms with E-state index in [-0.39, 0.29) is 17.8 Å². The van der Waals surface area contributed by atoms with E-state index < -0.39 is 0 Å². The number of hydrogen-bond donors (Lipinski definition) is 1. The third-order valence-electron chi connectivity index (χ3n) is 4.55. The lowest BCUT2D eigenvalue weighted by molar-refractivity contribution is -0.149. The maximum Gasteiger partial charge on any atom is 0.123 e. The van der Waals surface area contributed by atoms with Crippen LogP contribution in [0.1, 0.15) is 18.4 Å². The maximum atomic E-state index is 13.3. The summed E-state index contributed by atoms with van der Waals surface area (Å²) in [6.07, 6.45) is 3.22. The highest BCUT2D eigenvalue weighted by Gasteiger charge is 2.41. The summed E-state index contributed by atoms with van der Waals surface area (Å²) >= 11 is 0. The molecule has 2 saturated heterocycles. The van der Waals surface area contributed by atoms with Crippen LogP contribution in [0, 0.1) is 11.2 Å². The summed E-state index contributed by atoms with van der Waals surface area (Å²) in [7, 11) is 0. The number of aliphatic hydroxyl groups is 1. The molecule has 1 atom stereocenters. The molecule has 3 rings (SSSR count). The molecule has 2 aliphatic rings. The number of halogens is 1. The van der Waals surface area contributed by atoms with Crippen molar-refractivity contribution in [1.82, 2.24) is 4.90 Å². The van der Waals surface area contributed by atoms with E-state index in [0.717, 1.165) is 31.5 Å². The molecule has 3 nitrogen and oxygen atoms in total. The Morgan fingerprint density at radius 2 is 2.25 bits per heavy atom. The summed E-state index contributed by atoms with van der Waals surface area (Å²) < 4.78 is 18.5. The van der Waals surface area contributed by atoms with Gasteiger partial charge in [0.1, 0.15) is 5.82 Å². The fourth-order valence-corrected chi connectivity index (χ4v) is 3.32. The van der Waals surface area contributed by atoms with Crippen LogP contribution in [-0.2, 0) is 11.2 Å². The average Bonchev–Trinajstić information content (AvgIpc) is 2.81. The minimum Gasteiger partial charge on any atom is -0.396 e. The van der Waals surface area contributed by atoms with Crippen molar-refractivity contribution >= 4 is 0 Å². The van der Waals surface area contributed by atoms with Gasteiger partial charge in [-0.25, -0.2) is 4.39 Å². The molecule has 0 bridgehead atoms. The second-order valence-corrected chi connectivity index (χ2v) is 6.25. The predicted molar refractivity (Wildman–Crippen MR) is 75.0 cm³/mol. The van der Waals surface area contributed by atoms with Crippen molar-refractivity contribution in [3.05, 3.63) is 35.6 Å². The zero-order valence-electron chi connectivity index (χ0n) is 11.7. The molecule has 1 unspecified atom stereocenters. The average molecular weight is 279 g/mol. The van der Waals surface area contributed by atoms with Crippen LogP contribution in [0.3, 0.4) is 0 Å². The quantitative estimate of drug-likeness (QED) is 0.893. The maximum absolute atomic E-state index is 13.3. The molecule has 1 N–H and O–H groups in total.